The third kappa shape index (κ3) is 10.1. The van der Waals surface area contributed by atoms with Crippen molar-refractivity contribution in [3.8, 4) is 5.75 Å². The van der Waals surface area contributed by atoms with Crippen molar-refractivity contribution in [1.29, 1.82) is 0 Å². The normalized spacial score (nSPS) is 20.1. The van der Waals surface area contributed by atoms with Crippen LogP contribution in [0.5, 0.6) is 5.75 Å². The number of sulfonamides is 1. The average Bonchev–Trinajstić information content (AvgIpc) is 3.06. The maximum Gasteiger partial charge on any atom is 0.321 e. The third-order valence-electron chi connectivity index (χ3n) is 8.25. The minimum Gasteiger partial charge on any atom is -0.490 e. The first-order chi connectivity index (χ1) is 22.9. The molecule has 4 atom stereocenters. The molecule has 0 saturated carbocycles. The number of amides is 3. The second-order valence-corrected chi connectivity index (χ2v) is 14.4. The van der Waals surface area contributed by atoms with Gasteiger partial charge in [0.2, 0.25) is 0 Å². The van der Waals surface area contributed by atoms with Crippen molar-refractivity contribution in [3.63, 3.8) is 0 Å². The fourth-order valence-corrected chi connectivity index (χ4v) is 6.55. The Bertz CT molecular complexity index is 1630. The predicted octanol–water partition coefficient (Wildman–Crippen LogP) is 6.10. The Labute approximate surface area is 288 Å². The van der Waals surface area contributed by atoms with E-state index in [4.69, 9.17) is 21.1 Å². The molecule has 0 saturated heterocycles. The van der Waals surface area contributed by atoms with Gasteiger partial charge in [-0.2, -0.15) is 0 Å². The maximum absolute atomic E-state index is 14.4. The number of carbonyl (C=O) groups is 2. The Morgan fingerprint density at radius 1 is 1.06 bits per heavy atom. The van der Waals surface area contributed by atoms with E-state index in [0.29, 0.717) is 29.5 Å². The highest BCUT2D eigenvalue weighted by Crippen LogP contribution is 2.30. The van der Waals surface area contributed by atoms with Gasteiger partial charge in [0.1, 0.15) is 5.75 Å². The van der Waals surface area contributed by atoms with E-state index in [1.165, 1.54) is 30.3 Å². The molecule has 1 aliphatic rings. The van der Waals surface area contributed by atoms with Gasteiger partial charge in [0.25, 0.3) is 15.9 Å². The van der Waals surface area contributed by atoms with E-state index in [9.17, 15) is 23.1 Å². The van der Waals surface area contributed by atoms with E-state index in [-0.39, 0.29) is 53.9 Å². The van der Waals surface area contributed by atoms with E-state index in [1.807, 2.05) is 44.2 Å². The van der Waals surface area contributed by atoms with Crippen LogP contribution in [0.1, 0.15) is 50.4 Å². The van der Waals surface area contributed by atoms with Crippen LogP contribution < -0.4 is 14.8 Å². The van der Waals surface area contributed by atoms with Crippen LogP contribution in [0.3, 0.4) is 0 Å². The number of anilines is 2. The first-order valence-electron chi connectivity index (χ1n) is 16.1. The van der Waals surface area contributed by atoms with Gasteiger partial charge in [-0.1, -0.05) is 36.7 Å². The lowest BCUT2D eigenvalue weighted by Gasteiger charge is -2.35. The number of hydrogen-bond donors (Lipinski definition) is 3. The summed E-state index contributed by atoms with van der Waals surface area (Å²) in [5.74, 6) is -0.385. The number of para-hydroxylation sites is 1. The number of nitrogens with one attached hydrogen (secondary N) is 2. The summed E-state index contributed by atoms with van der Waals surface area (Å²) >= 11 is 5.95. The van der Waals surface area contributed by atoms with Crippen LogP contribution in [-0.4, -0.2) is 86.9 Å². The highest BCUT2D eigenvalue weighted by Gasteiger charge is 2.31. The number of rotatable bonds is 8. The summed E-state index contributed by atoms with van der Waals surface area (Å²) in [6.07, 6.45) is 1.60. The van der Waals surface area contributed by atoms with Crippen LogP contribution in [0.4, 0.5) is 16.2 Å². The lowest BCUT2D eigenvalue weighted by atomic mass is 10.0. The second kappa shape index (κ2) is 17.0. The molecule has 13 heteroatoms. The van der Waals surface area contributed by atoms with Crippen molar-refractivity contribution in [2.75, 3.05) is 43.4 Å². The first-order valence-corrected chi connectivity index (χ1v) is 17.9. The summed E-state index contributed by atoms with van der Waals surface area (Å²) in [5.41, 5.74) is 0.999. The molecule has 0 spiro atoms. The Hall–Kier alpha value is -3.84. The molecule has 0 aromatic heterocycles. The zero-order valence-corrected chi connectivity index (χ0v) is 29.3. The standard InChI is InChI=1S/C35H45ClN4O7S/c1-24-21-40(25(2)23-41)34(42)31-20-29(38-48(44,45)30-16-13-27(36)14-17-30)15-18-32(31)47-26(3)10-8-9-19-46-33(24)22-39(4)35(43)37-28-11-6-5-7-12-28/h5-7,11-18,20,24-26,33,38,41H,8-10,19,21-23H2,1-4H3,(H,37,43)/t24-,25+,26-,33-/m0/s1. The molecule has 260 valence electrons. The second-order valence-electron chi connectivity index (χ2n) is 12.2. The van der Waals surface area contributed by atoms with Crippen LogP contribution in [0, 0.1) is 5.92 Å². The number of fused-ring (bicyclic) bond motifs is 1. The van der Waals surface area contributed by atoms with Crippen LogP contribution >= 0.6 is 11.6 Å². The number of aliphatic hydroxyl groups excluding tert-OH is 1. The molecule has 0 fully saturated rings. The summed E-state index contributed by atoms with van der Waals surface area (Å²) < 4.78 is 41.5. The summed E-state index contributed by atoms with van der Waals surface area (Å²) in [5, 5.41) is 13.5. The maximum atomic E-state index is 14.4. The van der Waals surface area contributed by atoms with E-state index < -0.39 is 28.1 Å². The number of urea groups is 1. The molecule has 0 bridgehead atoms. The topological polar surface area (TPSA) is 138 Å². The van der Waals surface area contributed by atoms with Crippen molar-refractivity contribution >= 4 is 44.9 Å². The molecule has 0 unspecified atom stereocenters. The minimum absolute atomic E-state index is 0.0148. The highest BCUT2D eigenvalue weighted by molar-refractivity contribution is 7.92. The van der Waals surface area contributed by atoms with Gasteiger partial charge in [0.05, 0.1) is 35.3 Å². The minimum atomic E-state index is -3.99. The van der Waals surface area contributed by atoms with Gasteiger partial charge in [0.15, 0.2) is 0 Å². The van der Waals surface area contributed by atoms with Crippen molar-refractivity contribution in [2.45, 2.75) is 63.2 Å². The molecule has 48 heavy (non-hydrogen) atoms. The molecule has 3 aromatic carbocycles. The summed E-state index contributed by atoms with van der Waals surface area (Å²) in [6.45, 7) is 6.21. The molecule has 3 amide bonds. The van der Waals surface area contributed by atoms with Crippen LogP contribution in [0.25, 0.3) is 0 Å². The zero-order valence-electron chi connectivity index (χ0n) is 27.8. The average molecular weight is 701 g/mol. The van der Waals surface area contributed by atoms with Gasteiger partial charge in [0, 0.05) is 49.1 Å². The predicted molar refractivity (Wildman–Crippen MR) is 187 cm³/mol. The number of nitrogens with zero attached hydrogens (tertiary/aromatic N) is 2. The number of benzene rings is 3. The quantitative estimate of drug-likeness (QED) is 0.258. The number of hydrogen-bond acceptors (Lipinski definition) is 7. The molecular formula is C35H45ClN4O7S. The summed E-state index contributed by atoms with van der Waals surface area (Å²) in [7, 11) is -2.30. The SMILES string of the molecule is C[C@H](CO)N1C[C@H](C)[C@H](CN(C)C(=O)Nc2ccccc2)OCCCC[C@H](C)Oc2ccc(NS(=O)(=O)c3ccc(Cl)cc3)cc2C1=O. The first kappa shape index (κ1) is 37.0. The molecule has 0 radical (unpaired) electrons. The van der Waals surface area contributed by atoms with Gasteiger partial charge in [-0.25, -0.2) is 13.2 Å². The Morgan fingerprint density at radius 3 is 2.46 bits per heavy atom. The largest absolute Gasteiger partial charge is 0.490 e. The van der Waals surface area contributed by atoms with E-state index >= 15 is 0 Å². The van der Waals surface area contributed by atoms with Crippen molar-refractivity contribution in [1.82, 2.24) is 9.80 Å². The molecule has 1 aliphatic heterocycles. The molecule has 1 heterocycles. The molecule has 3 aromatic rings. The smallest absolute Gasteiger partial charge is 0.321 e. The van der Waals surface area contributed by atoms with Gasteiger partial charge in [-0.3, -0.25) is 9.52 Å². The van der Waals surface area contributed by atoms with Crippen molar-refractivity contribution in [3.05, 3.63) is 83.4 Å². The number of likely N-dealkylation sites (N-methyl/N-ethyl adjacent to an activating group) is 1. The lowest BCUT2D eigenvalue weighted by Crippen LogP contribution is -2.48. The monoisotopic (exact) mass is 700 g/mol. The van der Waals surface area contributed by atoms with E-state index in [2.05, 4.69) is 10.0 Å². The van der Waals surface area contributed by atoms with Crippen LogP contribution in [0.2, 0.25) is 5.02 Å². The van der Waals surface area contributed by atoms with Crippen molar-refractivity contribution in [2.24, 2.45) is 5.92 Å². The lowest BCUT2D eigenvalue weighted by molar-refractivity contribution is -0.0115. The van der Waals surface area contributed by atoms with Gasteiger partial charge in [-0.05, 0) is 87.7 Å². The third-order valence-corrected chi connectivity index (χ3v) is 9.90. The number of halogens is 1. The van der Waals surface area contributed by atoms with Crippen LogP contribution in [-0.2, 0) is 14.8 Å². The highest BCUT2D eigenvalue weighted by atomic mass is 35.5. The fraction of sp³-hybridized carbons (Fsp3) is 0.429. The Balaban J connectivity index is 1.63. The molecule has 4 rings (SSSR count). The van der Waals surface area contributed by atoms with Crippen LogP contribution in [0.15, 0.2) is 77.7 Å². The van der Waals surface area contributed by atoms with E-state index in [1.54, 1.807) is 35.9 Å². The number of carbonyl (C=O) groups excluding carboxylic acids is 2. The molecule has 0 aliphatic carbocycles. The van der Waals surface area contributed by atoms with Crippen molar-refractivity contribution < 1.29 is 32.6 Å². The Kier molecular flexibility index (Phi) is 13.1. The number of ether oxygens (including phenoxy) is 2. The van der Waals surface area contributed by atoms with E-state index in [0.717, 1.165) is 12.8 Å². The summed E-state index contributed by atoms with van der Waals surface area (Å²) in [6, 6.07) is 18.7. The molecular weight excluding hydrogens is 656 g/mol. The Morgan fingerprint density at radius 2 is 1.77 bits per heavy atom. The molecule has 11 nitrogen and oxygen atoms in total. The van der Waals surface area contributed by atoms with Gasteiger partial charge < -0.3 is 29.7 Å². The van der Waals surface area contributed by atoms with Gasteiger partial charge in [-0.15, -0.1) is 0 Å². The van der Waals surface area contributed by atoms with Gasteiger partial charge >= 0.3 is 6.03 Å². The fourth-order valence-electron chi connectivity index (χ4n) is 5.37. The summed E-state index contributed by atoms with van der Waals surface area (Å²) in [4.78, 5) is 30.5. The zero-order chi connectivity index (χ0) is 34.8. The molecule has 3 N–H and O–H groups in total. The number of aliphatic hydroxyl groups is 1.